The van der Waals surface area contributed by atoms with Crippen molar-refractivity contribution in [3.8, 4) is 17.3 Å². The second kappa shape index (κ2) is 11.2. The first-order valence-corrected chi connectivity index (χ1v) is 10.7. The minimum absolute atomic E-state index is 0.0807. The van der Waals surface area contributed by atoms with E-state index in [1.807, 2.05) is 37.0 Å². The molecular formula is C22H33N7. The first kappa shape index (κ1) is 22.4. The number of nitriles is 1. The van der Waals surface area contributed by atoms with E-state index < -0.39 is 0 Å². The molecule has 1 aliphatic rings. The van der Waals surface area contributed by atoms with Crippen molar-refractivity contribution < 1.29 is 0 Å². The summed E-state index contributed by atoms with van der Waals surface area (Å²) >= 11 is 0. The SMILES string of the molecule is CC.CCC.N#CCC(C1CCCC1)n1cc(-c2ncnc3[nH]ccc23)c(N)n1. The van der Waals surface area contributed by atoms with Gasteiger partial charge in [-0.1, -0.05) is 47.0 Å². The van der Waals surface area contributed by atoms with Crippen LogP contribution in [0.5, 0.6) is 0 Å². The van der Waals surface area contributed by atoms with Crippen LogP contribution in [0, 0.1) is 17.2 Å². The minimum atomic E-state index is 0.0807. The van der Waals surface area contributed by atoms with Gasteiger partial charge in [0.2, 0.25) is 0 Å². The predicted octanol–water partition coefficient (Wildman–Crippen LogP) is 5.49. The Balaban J connectivity index is 0.000000551. The second-order valence-electron chi connectivity index (χ2n) is 7.05. The molecular weight excluding hydrogens is 362 g/mol. The van der Waals surface area contributed by atoms with Crippen LogP contribution in [0.4, 0.5) is 5.82 Å². The summed E-state index contributed by atoms with van der Waals surface area (Å²) in [6.07, 6.45) is 11.8. The van der Waals surface area contributed by atoms with Gasteiger partial charge in [-0.05, 0) is 24.8 Å². The highest BCUT2D eigenvalue weighted by molar-refractivity contribution is 5.92. The Morgan fingerprint density at radius 2 is 1.97 bits per heavy atom. The fraction of sp³-hybridized carbons (Fsp3) is 0.545. The lowest BCUT2D eigenvalue weighted by atomic mass is 9.96. The molecule has 0 spiro atoms. The van der Waals surface area contributed by atoms with Gasteiger partial charge in [0.1, 0.15) is 12.0 Å². The molecule has 3 aromatic rings. The van der Waals surface area contributed by atoms with Crippen LogP contribution in [0.25, 0.3) is 22.3 Å². The molecule has 7 nitrogen and oxygen atoms in total. The molecule has 0 aliphatic heterocycles. The number of H-pyrrole nitrogens is 1. The average molecular weight is 396 g/mol. The van der Waals surface area contributed by atoms with Crippen LogP contribution in [-0.4, -0.2) is 24.7 Å². The summed E-state index contributed by atoms with van der Waals surface area (Å²) in [6, 6.07) is 4.32. The molecule has 1 unspecified atom stereocenters. The van der Waals surface area contributed by atoms with Gasteiger partial charge in [-0.2, -0.15) is 10.4 Å². The summed E-state index contributed by atoms with van der Waals surface area (Å²) in [4.78, 5) is 11.7. The maximum absolute atomic E-state index is 9.22. The Hall–Kier alpha value is -2.88. The molecule has 1 saturated carbocycles. The number of nitrogens with zero attached hydrogens (tertiary/aromatic N) is 5. The standard InChI is InChI=1S/C17H19N7.C3H8.C2H6/c18-7-5-14(11-3-1-2-4-11)24-9-13(16(19)23-24)15-12-6-8-20-17(12)22-10-21-15;1-3-2;1-2/h6,8-11,14H,1-5H2,(H2,19,23)(H,20,21,22);3H2,1-2H3;1-2H3. The summed E-state index contributed by atoms with van der Waals surface area (Å²) in [6.45, 7) is 8.25. The van der Waals surface area contributed by atoms with Gasteiger partial charge in [0.15, 0.2) is 5.82 Å². The van der Waals surface area contributed by atoms with E-state index in [0.29, 0.717) is 18.2 Å². The zero-order chi connectivity index (χ0) is 21.2. The van der Waals surface area contributed by atoms with E-state index in [2.05, 4.69) is 40.0 Å². The lowest BCUT2D eigenvalue weighted by molar-refractivity contribution is 0.315. The van der Waals surface area contributed by atoms with E-state index >= 15 is 0 Å². The number of nitrogens with two attached hydrogens (primary N) is 1. The fourth-order valence-corrected chi connectivity index (χ4v) is 3.76. The van der Waals surface area contributed by atoms with Crippen molar-refractivity contribution in [3.63, 3.8) is 0 Å². The smallest absolute Gasteiger partial charge is 0.154 e. The third-order valence-corrected chi connectivity index (χ3v) is 4.95. The summed E-state index contributed by atoms with van der Waals surface area (Å²) in [5.74, 6) is 0.937. The number of aromatic nitrogens is 5. The third kappa shape index (κ3) is 5.14. The zero-order valence-electron chi connectivity index (χ0n) is 18.0. The summed E-state index contributed by atoms with van der Waals surface area (Å²) < 4.78 is 1.88. The highest BCUT2D eigenvalue weighted by Crippen LogP contribution is 2.37. The van der Waals surface area contributed by atoms with Crippen molar-refractivity contribution in [3.05, 3.63) is 24.8 Å². The van der Waals surface area contributed by atoms with E-state index in [-0.39, 0.29) is 6.04 Å². The quantitative estimate of drug-likeness (QED) is 0.607. The molecule has 4 rings (SSSR count). The van der Waals surface area contributed by atoms with Crippen LogP contribution in [0.2, 0.25) is 0 Å². The first-order chi connectivity index (χ1) is 14.2. The molecule has 3 aromatic heterocycles. The zero-order valence-corrected chi connectivity index (χ0v) is 18.0. The van der Waals surface area contributed by atoms with Crippen molar-refractivity contribution >= 4 is 16.9 Å². The van der Waals surface area contributed by atoms with Crippen molar-refractivity contribution in [2.45, 2.75) is 72.3 Å². The Kier molecular flexibility index (Phi) is 8.66. The van der Waals surface area contributed by atoms with Gasteiger partial charge in [-0.15, -0.1) is 0 Å². The highest BCUT2D eigenvalue weighted by Gasteiger charge is 2.28. The average Bonchev–Trinajstić information content (AvgIpc) is 3.49. The highest BCUT2D eigenvalue weighted by atomic mass is 15.3. The van der Waals surface area contributed by atoms with Crippen LogP contribution in [0.15, 0.2) is 24.8 Å². The molecule has 0 aromatic carbocycles. The molecule has 0 radical (unpaired) electrons. The monoisotopic (exact) mass is 395 g/mol. The van der Waals surface area contributed by atoms with Crippen molar-refractivity contribution in [1.82, 2.24) is 24.7 Å². The molecule has 0 saturated heterocycles. The Morgan fingerprint density at radius 1 is 1.28 bits per heavy atom. The summed E-state index contributed by atoms with van der Waals surface area (Å²) in [5, 5.41) is 14.7. The molecule has 3 N–H and O–H groups in total. The van der Waals surface area contributed by atoms with Gasteiger partial charge in [0, 0.05) is 17.8 Å². The number of fused-ring (bicyclic) bond motifs is 1. The molecule has 3 heterocycles. The van der Waals surface area contributed by atoms with Gasteiger partial charge < -0.3 is 10.7 Å². The topological polar surface area (TPSA) is 109 Å². The maximum Gasteiger partial charge on any atom is 0.154 e. The molecule has 0 amide bonds. The number of hydrogen-bond donors (Lipinski definition) is 2. The number of nitrogen functional groups attached to an aromatic ring is 1. The third-order valence-electron chi connectivity index (χ3n) is 4.95. The Morgan fingerprint density at radius 3 is 2.62 bits per heavy atom. The number of aromatic amines is 1. The molecule has 7 heteroatoms. The summed E-state index contributed by atoms with van der Waals surface area (Å²) in [5.41, 5.74) is 8.52. The lowest BCUT2D eigenvalue weighted by Crippen LogP contribution is -2.17. The molecule has 156 valence electrons. The van der Waals surface area contributed by atoms with Crippen LogP contribution in [0.3, 0.4) is 0 Å². The number of hydrogen-bond acceptors (Lipinski definition) is 5. The van der Waals surface area contributed by atoms with E-state index in [1.165, 1.54) is 25.6 Å². The van der Waals surface area contributed by atoms with E-state index in [0.717, 1.165) is 35.1 Å². The number of anilines is 1. The Labute approximate surface area is 173 Å². The maximum atomic E-state index is 9.22. The predicted molar refractivity (Wildman–Crippen MR) is 118 cm³/mol. The minimum Gasteiger partial charge on any atom is -0.382 e. The summed E-state index contributed by atoms with van der Waals surface area (Å²) in [7, 11) is 0. The van der Waals surface area contributed by atoms with Gasteiger partial charge in [0.05, 0.1) is 29.8 Å². The van der Waals surface area contributed by atoms with E-state index in [4.69, 9.17) is 5.73 Å². The number of rotatable bonds is 4. The molecule has 1 atom stereocenters. The van der Waals surface area contributed by atoms with Gasteiger partial charge in [-0.3, -0.25) is 4.68 Å². The van der Waals surface area contributed by atoms with Crippen LogP contribution in [0.1, 0.15) is 72.3 Å². The van der Waals surface area contributed by atoms with Crippen LogP contribution < -0.4 is 5.73 Å². The molecule has 29 heavy (non-hydrogen) atoms. The van der Waals surface area contributed by atoms with E-state index in [9.17, 15) is 5.26 Å². The van der Waals surface area contributed by atoms with E-state index in [1.54, 1.807) is 0 Å². The van der Waals surface area contributed by atoms with Crippen molar-refractivity contribution in [2.75, 3.05) is 5.73 Å². The van der Waals surface area contributed by atoms with Gasteiger partial charge >= 0.3 is 0 Å². The van der Waals surface area contributed by atoms with Gasteiger partial charge in [0.25, 0.3) is 0 Å². The largest absolute Gasteiger partial charge is 0.382 e. The van der Waals surface area contributed by atoms with Crippen molar-refractivity contribution in [1.29, 1.82) is 5.26 Å². The molecule has 1 aliphatic carbocycles. The normalized spacial score (nSPS) is 14.4. The van der Waals surface area contributed by atoms with Crippen LogP contribution >= 0.6 is 0 Å². The molecule has 1 fully saturated rings. The van der Waals surface area contributed by atoms with Gasteiger partial charge in [-0.25, -0.2) is 9.97 Å². The Bertz CT molecular complexity index is 913. The lowest BCUT2D eigenvalue weighted by Gasteiger charge is -2.21. The van der Waals surface area contributed by atoms with Crippen LogP contribution in [-0.2, 0) is 0 Å². The number of nitrogens with one attached hydrogen (secondary N) is 1. The van der Waals surface area contributed by atoms with Crippen molar-refractivity contribution in [2.24, 2.45) is 5.92 Å². The first-order valence-electron chi connectivity index (χ1n) is 10.7. The fourth-order valence-electron chi connectivity index (χ4n) is 3.76. The second-order valence-corrected chi connectivity index (χ2v) is 7.05. The molecule has 0 bridgehead atoms.